The highest BCUT2D eigenvalue weighted by molar-refractivity contribution is 7.90. The molecule has 0 aliphatic heterocycles. The Labute approximate surface area is 112 Å². The number of hydrogen-bond donors (Lipinski definition) is 2. The summed E-state index contributed by atoms with van der Waals surface area (Å²) in [6, 6.07) is 6.44. The van der Waals surface area contributed by atoms with E-state index < -0.39 is 15.9 Å². The SMILES string of the molecule is C=CC1CC1C(=O)NS(=O)(=O)c1ccccc1NC. The molecule has 6 heteroatoms. The molecule has 0 aromatic heterocycles. The van der Waals surface area contributed by atoms with Gasteiger partial charge in [-0.2, -0.15) is 0 Å². The second-order valence-electron chi connectivity index (χ2n) is 4.46. The number of carbonyl (C=O) groups excluding carboxylic acids is 1. The molecule has 1 aliphatic carbocycles. The second kappa shape index (κ2) is 5.05. The van der Waals surface area contributed by atoms with E-state index in [1.54, 1.807) is 31.3 Å². The molecule has 1 fully saturated rings. The first-order valence-electron chi connectivity index (χ1n) is 5.95. The maximum atomic E-state index is 12.2. The Morgan fingerprint density at radius 3 is 2.68 bits per heavy atom. The van der Waals surface area contributed by atoms with Crippen molar-refractivity contribution >= 4 is 21.6 Å². The van der Waals surface area contributed by atoms with Crippen LogP contribution in [0.5, 0.6) is 0 Å². The first-order chi connectivity index (χ1) is 8.99. The summed E-state index contributed by atoms with van der Waals surface area (Å²) in [5, 5.41) is 2.79. The molecule has 0 spiro atoms. The molecule has 1 aromatic carbocycles. The zero-order chi connectivity index (χ0) is 14.0. The zero-order valence-corrected chi connectivity index (χ0v) is 11.4. The Morgan fingerprint density at radius 2 is 2.11 bits per heavy atom. The van der Waals surface area contributed by atoms with Crippen LogP contribution in [0.1, 0.15) is 6.42 Å². The van der Waals surface area contributed by atoms with E-state index in [4.69, 9.17) is 0 Å². The second-order valence-corrected chi connectivity index (χ2v) is 6.11. The standard InChI is InChI=1S/C13H16N2O3S/c1-3-9-8-10(9)13(16)15-19(17,18)12-7-5-4-6-11(12)14-2/h3-7,9-10,14H,1,8H2,2H3,(H,15,16). The lowest BCUT2D eigenvalue weighted by Crippen LogP contribution is -2.32. The molecule has 102 valence electrons. The van der Waals surface area contributed by atoms with Gasteiger partial charge in [-0.15, -0.1) is 6.58 Å². The van der Waals surface area contributed by atoms with Crippen LogP contribution in [0.3, 0.4) is 0 Å². The Balaban J connectivity index is 2.19. The van der Waals surface area contributed by atoms with Crippen LogP contribution in [-0.4, -0.2) is 21.4 Å². The summed E-state index contributed by atoms with van der Waals surface area (Å²) in [4.78, 5) is 11.9. The van der Waals surface area contributed by atoms with Crippen molar-refractivity contribution in [3.05, 3.63) is 36.9 Å². The van der Waals surface area contributed by atoms with Gasteiger partial charge in [0.05, 0.1) is 5.69 Å². The highest BCUT2D eigenvalue weighted by Crippen LogP contribution is 2.39. The number of sulfonamides is 1. The number of benzene rings is 1. The quantitative estimate of drug-likeness (QED) is 0.798. The number of allylic oxidation sites excluding steroid dienone is 1. The molecule has 0 saturated heterocycles. The molecule has 2 rings (SSSR count). The van der Waals surface area contributed by atoms with E-state index in [-0.39, 0.29) is 16.7 Å². The van der Waals surface area contributed by atoms with Crippen LogP contribution >= 0.6 is 0 Å². The van der Waals surface area contributed by atoms with Gasteiger partial charge in [0.25, 0.3) is 10.0 Å². The van der Waals surface area contributed by atoms with Gasteiger partial charge < -0.3 is 5.32 Å². The Bertz CT molecular complexity index is 610. The van der Waals surface area contributed by atoms with E-state index in [0.717, 1.165) is 0 Å². The minimum atomic E-state index is -3.84. The predicted molar refractivity (Wildman–Crippen MR) is 73.1 cm³/mol. The molecule has 1 aromatic rings. The smallest absolute Gasteiger partial charge is 0.266 e. The Kier molecular flexibility index (Phi) is 3.61. The maximum absolute atomic E-state index is 12.2. The van der Waals surface area contributed by atoms with Crippen LogP contribution in [-0.2, 0) is 14.8 Å². The van der Waals surface area contributed by atoms with Crippen LogP contribution in [0.15, 0.2) is 41.8 Å². The number of hydrogen-bond acceptors (Lipinski definition) is 4. The topological polar surface area (TPSA) is 75.3 Å². The van der Waals surface area contributed by atoms with Crippen molar-refractivity contribution in [2.75, 3.05) is 12.4 Å². The molecule has 19 heavy (non-hydrogen) atoms. The minimum absolute atomic E-state index is 0.0710. The van der Waals surface area contributed by atoms with Crippen LogP contribution in [0.4, 0.5) is 5.69 Å². The molecule has 1 amide bonds. The fourth-order valence-electron chi connectivity index (χ4n) is 1.95. The van der Waals surface area contributed by atoms with E-state index in [2.05, 4.69) is 16.6 Å². The summed E-state index contributed by atoms with van der Waals surface area (Å²) in [5.41, 5.74) is 0.457. The minimum Gasteiger partial charge on any atom is -0.387 e. The lowest BCUT2D eigenvalue weighted by Gasteiger charge is -2.10. The average molecular weight is 280 g/mol. The predicted octanol–water partition coefficient (Wildman–Crippen LogP) is 1.36. The monoisotopic (exact) mass is 280 g/mol. The van der Waals surface area contributed by atoms with Crippen LogP contribution < -0.4 is 10.0 Å². The third kappa shape index (κ3) is 2.78. The summed E-state index contributed by atoms with van der Waals surface area (Å²) in [7, 11) is -2.21. The van der Waals surface area contributed by atoms with Crippen LogP contribution in [0.2, 0.25) is 0 Å². The van der Waals surface area contributed by atoms with Crippen molar-refractivity contribution in [2.24, 2.45) is 11.8 Å². The molecule has 2 unspecified atom stereocenters. The summed E-state index contributed by atoms with van der Waals surface area (Å²) in [5.74, 6) is -0.639. The van der Waals surface area contributed by atoms with E-state index in [1.165, 1.54) is 6.07 Å². The molecule has 2 N–H and O–H groups in total. The van der Waals surface area contributed by atoms with Gasteiger partial charge in [0.2, 0.25) is 5.91 Å². The number of amides is 1. The lowest BCUT2D eigenvalue weighted by molar-refractivity contribution is -0.120. The average Bonchev–Trinajstić information content (AvgIpc) is 3.17. The maximum Gasteiger partial charge on any atom is 0.266 e. The van der Waals surface area contributed by atoms with Crippen molar-refractivity contribution in [1.29, 1.82) is 0 Å². The first-order valence-corrected chi connectivity index (χ1v) is 7.44. The van der Waals surface area contributed by atoms with Gasteiger partial charge in [0.15, 0.2) is 0 Å². The molecule has 1 saturated carbocycles. The van der Waals surface area contributed by atoms with Gasteiger partial charge in [-0.05, 0) is 24.5 Å². The molecule has 0 radical (unpaired) electrons. The third-order valence-corrected chi connectivity index (χ3v) is 4.57. The number of carbonyl (C=O) groups is 1. The highest BCUT2D eigenvalue weighted by Gasteiger charge is 2.42. The fourth-order valence-corrected chi connectivity index (χ4v) is 3.19. The Morgan fingerprint density at radius 1 is 1.42 bits per heavy atom. The number of para-hydroxylation sites is 1. The zero-order valence-electron chi connectivity index (χ0n) is 10.6. The largest absolute Gasteiger partial charge is 0.387 e. The molecule has 2 atom stereocenters. The normalized spacial score (nSPS) is 21.5. The van der Waals surface area contributed by atoms with Crippen LogP contribution in [0.25, 0.3) is 0 Å². The van der Waals surface area contributed by atoms with Crippen molar-refractivity contribution in [1.82, 2.24) is 4.72 Å². The molecule has 0 heterocycles. The number of rotatable bonds is 5. The van der Waals surface area contributed by atoms with E-state index in [9.17, 15) is 13.2 Å². The highest BCUT2D eigenvalue weighted by atomic mass is 32.2. The molecular weight excluding hydrogens is 264 g/mol. The molecular formula is C13H16N2O3S. The summed E-state index contributed by atoms with van der Waals surface area (Å²) >= 11 is 0. The van der Waals surface area contributed by atoms with Gasteiger partial charge in [-0.3, -0.25) is 4.79 Å². The van der Waals surface area contributed by atoms with Gasteiger partial charge >= 0.3 is 0 Å². The van der Waals surface area contributed by atoms with Gasteiger partial charge in [0.1, 0.15) is 4.90 Å². The Hall–Kier alpha value is -1.82. The van der Waals surface area contributed by atoms with Crippen molar-refractivity contribution in [2.45, 2.75) is 11.3 Å². The van der Waals surface area contributed by atoms with Crippen molar-refractivity contribution < 1.29 is 13.2 Å². The lowest BCUT2D eigenvalue weighted by atomic mass is 10.3. The van der Waals surface area contributed by atoms with Crippen molar-refractivity contribution in [3.63, 3.8) is 0 Å². The number of anilines is 1. The summed E-state index contributed by atoms with van der Waals surface area (Å²) in [6.07, 6.45) is 2.34. The summed E-state index contributed by atoms with van der Waals surface area (Å²) in [6.45, 7) is 3.60. The van der Waals surface area contributed by atoms with Gasteiger partial charge in [0, 0.05) is 13.0 Å². The van der Waals surface area contributed by atoms with Gasteiger partial charge in [-0.1, -0.05) is 18.2 Å². The van der Waals surface area contributed by atoms with Crippen LogP contribution in [0, 0.1) is 11.8 Å². The third-order valence-electron chi connectivity index (χ3n) is 3.16. The van der Waals surface area contributed by atoms with E-state index >= 15 is 0 Å². The van der Waals surface area contributed by atoms with Crippen molar-refractivity contribution in [3.8, 4) is 0 Å². The van der Waals surface area contributed by atoms with E-state index in [0.29, 0.717) is 12.1 Å². The fraction of sp³-hybridized carbons (Fsp3) is 0.308. The van der Waals surface area contributed by atoms with Gasteiger partial charge in [-0.25, -0.2) is 13.1 Å². The number of nitrogens with one attached hydrogen (secondary N) is 2. The van der Waals surface area contributed by atoms with E-state index in [1.807, 2.05) is 0 Å². The first kappa shape index (κ1) is 13.6. The molecule has 5 nitrogen and oxygen atoms in total. The molecule has 0 bridgehead atoms. The summed E-state index contributed by atoms with van der Waals surface area (Å²) < 4.78 is 26.4. The molecule has 1 aliphatic rings.